The molecule has 0 saturated carbocycles. The topological polar surface area (TPSA) is 107 Å². The standard InChI is InChI=1S/C24H26N6O2/c1-16(2)29-11-9-20(10-12-29)28-23(31)19-7-8-22(26-14-19)30-24(32)21(15-27-30)18-5-3-17(13-25)4-6-18/h3-8,14-16,20,27H,9-12H2,1-2H3,(H,28,31). The van der Waals surface area contributed by atoms with E-state index in [4.69, 9.17) is 5.26 Å². The average Bonchev–Trinajstić information content (AvgIpc) is 3.20. The summed E-state index contributed by atoms with van der Waals surface area (Å²) in [5.74, 6) is 0.251. The first-order valence-electron chi connectivity index (χ1n) is 10.8. The Morgan fingerprint density at radius 2 is 1.91 bits per heavy atom. The van der Waals surface area contributed by atoms with Crippen molar-refractivity contribution in [1.82, 2.24) is 25.0 Å². The van der Waals surface area contributed by atoms with Gasteiger partial charge in [0.25, 0.3) is 11.5 Å². The van der Waals surface area contributed by atoms with Gasteiger partial charge < -0.3 is 10.2 Å². The summed E-state index contributed by atoms with van der Waals surface area (Å²) in [7, 11) is 0. The molecular formula is C24H26N6O2. The maximum Gasteiger partial charge on any atom is 0.280 e. The molecule has 3 aromatic rings. The van der Waals surface area contributed by atoms with E-state index in [0.29, 0.717) is 34.1 Å². The van der Waals surface area contributed by atoms with Gasteiger partial charge in [0, 0.05) is 37.6 Å². The highest BCUT2D eigenvalue weighted by molar-refractivity contribution is 5.94. The number of nitrogens with zero attached hydrogens (tertiary/aromatic N) is 4. The molecule has 1 aromatic carbocycles. The molecule has 0 atom stereocenters. The lowest BCUT2D eigenvalue weighted by Gasteiger charge is -2.34. The summed E-state index contributed by atoms with van der Waals surface area (Å²) in [6.07, 6.45) is 4.97. The van der Waals surface area contributed by atoms with E-state index in [1.807, 2.05) is 0 Å². The largest absolute Gasteiger partial charge is 0.349 e. The van der Waals surface area contributed by atoms with Crippen LogP contribution in [0.5, 0.6) is 0 Å². The van der Waals surface area contributed by atoms with E-state index in [-0.39, 0.29) is 17.5 Å². The molecule has 1 amide bonds. The lowest BCUT2D eigenvalue weighted by atomic mass is 10.0. The number of benzene rings is 1. The Kier molecular flexibility index (Phi) is 6.19. The number of likely N-dealkylation sites (tertiary alicyclic amines) is 1. The molecule has 8 heteroatoms. The molecule has 2 N–H and O–H groups in total. The van der Waals surface area contributed by atoms with Crippen molar-refractivity contribution in [1.29, 1.82) is 5.26 Å². The van der Waals surface area contributed by atoms with E-state index in [9.17, 15) is 9.59 Å². The highest BCUT2D eigenvalue weighted by Gasteiger charge is 2.22. The van der Waals surface area contributed by atoms with Crippen molar-refractivity contribution in [2.75, 3.05) is 13.1 Å². The van der Waals surface area contributed by atoms with Gasteiger partial charge in [0.15, 0.2) is 5.82 Å². The molecule has 0 radical (unpaired) electrons. The molecule has 0 spiro atoms. The minimum Gasteiger partial charge on any atom is -0.349 e. The molecule has 0 aliphatic carbocycles. The van der Waals surface area contributed by atoms with Gasteiger partial charge in [-0.1, -0.05) is 12.1 Å². The van der Waals surface area contributed by atoms with Gasteiger partial charge in [-0.05, 0) is 56.5 Å². The maximum absolute atomic E-state index is 12.8. The number of aromatic nitrogens is 3. The van der Waals surface area contributed by atoms with Gasteiger partial charge in [-0.2, -0.15) is 5.26 Å². The summed E-state index contributed by atoms with van der Waals surface area (Å²) in [5, 5.41) is 14.9. The Morgan fingerprint density at radius 3 is 2.50 bits per heavy atom. The van der Waals surface area contributed by atoms with Crippen LogP contribution in [0.3, 0.4) is 0 Å². The Balaban J connectivity index is 1.44. The van der Waals surface area contributed by atoms with Crippen LogP contribution in [0, 0.1) is 11.3 Å². The number of amides is 1. The molecule has 1 aliphatic heterocycles. The van der Waals surface area contributed by atoms with Crippen LogP contribution >= 0.6 is 0 Å². The molecule has 1 aliphatic rings. The second kappa shape index (κ2) is 9.20. The molecule has 164 valence electrons. The molecule has 3 heterocycles. The van der Waals surface area contributed by atoms with Crippen molar-refractivity contribution in [3.8, 4) is 23.0 Å². The Labute approximate surface area is 186 Å². The molecule has 2 aromatic heterocycles. The quantitative estimate of drug-likeness (QED) is 0.647. The van der Waals surface area contributed by atoms with E-state index >= 15 is 0 Å². The first-order chi connectivity index (χ1) is 15.5. The Bertz CT molecular complexity index is 1180. The average molecular weight is 431 g/mol. The van der Waals surface area contributed by atoms with Gasteiger partial charge >= 0.3 is 0 Å². The number of pyridine rings is 1. The second-order valence-corrected chi connectivity index (χ2v) is 8.30. The number of piperidine rings is 1. The van der Waals surface area contributed by atoms with Crippen LogP contribution in [0.2, 0.25) is 0 Å². The van der Waals surface area contributed by atoms with Gasteiger partial charge in [0.2, 0.25) is 0 Å². The minimum absolute atomic E-state index is 0.149. The normalized spacial score (nSPS) is 14.9. The first kappa shape index (κ1) is 21.5. The number of hydrogen-bond acceptors (Lipinski definition) is 5. The van der Waals surface area contributed by atoms with E-state index in [2.05, 4.69) is 40.2 Å². The zero-order chi connectivity index (χ0) is 22.7. The molecule has 0 bridgehead atoms. The molecular weight excluding hydrogens is 404 g/mol. The fourth-order valence-electron chi connectivity index (χ4n) is 3.95. The lowest BCUT2D eigenvalue weighted by Crippen LogP contribution is -2.46. The second-order valence-electron chi connectivity index (χ2n) is 8.30. The predicted molar refractivity (Wildman–Crippen MR) is 122 cm³/mol. The fraction of sp³-hybridized carbons (Fsp3) is 0.333. The number of nitrogens with one attached hydrogen (secondary N) is 2. The molecule has 32 heavy (non-hydrogen) atoms. The van der Waals surface area contributed by atoms with E-state index in [0.717, 1.165) is 25.9 Å². The third-order valence-electron chi connectivity index (χ3n) is 5.93. The fourth-order valence-corrected chi connectivity index (χ4v) is 3.95. The summed E-state index contributed by atoms with van der Waals surface area (Å²) in [4.78, 5) is 32.2. The number of H-pyrrole nitrogens is 1. The molecule has 4 rings (SSSR count). The third-order valence-corrected chi connectivity index (χ3v) is 5.93. The highest BCUT2D eigenvalue weighted by Crippen LogP contribution is 2.17. The van der Waals surface area contributed by atoms with Crippen LogP contribution < -0.4 is 10.9 Å². The van der Waals surface area contributed by atoms with Gasteiger partial charge in [-0.15, -0.1) is 0 Å². The summed E-state index contributed by atoms with van der Waals surface area (Å²) >= 11 is 0. The van der Waals surface area contributed by atoms with Crippen molar-refractivity contribution >= 4 is 5.91 Å². The van der Waals surface area contributed by atoms with Gasteiger partial charge in [0.1, 0.15) is 0 Å². The zero-order valence-corrected chi connectivity index (χ0v) is 18.2. The van der Waals surface area contributed by atoms with Crippen LogP contribution in [-0.2, 0) is 0 Å². The number of hydrogen-bond donors (Lipinski definition) is 2. The van der Waals surface area contributed by atoms with Crippen LogP contribution in [0.4, 0.5) is 0 Å². The monoisotopic (exact) mass is 430 g/mol. The Hall–Kier alpha value is -3.70. The smallest absolute Gasteiger partial charge is 0.280 e. The van der Waals surface area contributed by atoms with Crippen molar-refractivity contribution in [2.45, 2.75) is 38.8 Å². The maximum atomic E-state index is 12.8. The SMILES string of the molecule is CC(C)N1CCC(NC(=O)c2ccc(-n3[nH]cc(-c4ccc(C#N)cc4)c3=O)nc2)CC1. The molecule has 0 unspecified atom stereocenters. The summed E-state index contributed by atoms with van der Waals surface area (Å²) in [6, 6.07) is 12.9. The first-order valence-corrected chi connectivity index (χ1v) is 10.8. The van der Waals surface area contributed by atoms with Gasteiger partial charge in [-0.3, -0.25) is 14.7 Å². The van der Waals surface area contributed by atoms with Gasteiger partial charge in [-0.25, -0.2) is 9.67 Å². The number of carbonyl (C=O) groups excluding carboxylic acids is 1. The number of nitriles is 1. The predicted octanol–water partition coefficient (Wildman–Crippen LogP) is 2.70. The van der Waals surface area contributed by atoms with Crippen molar-refractivity contribution < 1.29 is 4.79 Å². The van der Waals surface area contributed by atoms with Crippen LogP contribution in [0.15, 0.2) is 53.6 Å². The van der Waals surface area contributed by atoms with E-state index < -0.39 is 0 Å². The van der Waals surface area contributed by atoms with Crippen LogP contribution in [0.1, 0.15) is 42.6 Å². The Morgan fingerprint density at radius 1 is 1.19 bits per heavy atom. The summed E-state index contributed by atoms with van der Waals surface area (Å²) in [6.45, 7) is 6.35. The highest BCUT2D eigenvalue weighted by atomic mass is 16.2. The lowest BCUT2D eigenvalue weighted by molar-refractivity contribution is 0.0900. The van der Waals surface area contributed by atoms with Crippen molar-refractivity contribution in [3.63, 3.8) is 0 Å². The van der Waals surface area contributed by atoms with Crippen LogP contribution in [0.25, 0.3) is 16.9 Å². The van der Waals surface area contributed by atoms with Crippen LogP contribution in [-0.4, -0.2) is 50.7 Å². The number of rotatable bonds is 5. The summed E-state index contributed by atoms with van der Waals surface area (Å²) in [5.41, 5.74) is 1.93. The zero-order valence-electron chi connectivity index (χ0n) is 18.2. The number of carbonyl (C=O) groups is 1. The summed E-state index contributed by atoms with van der Waals surface area (Å²) < 4.78 is 1.33. The molecule has 1 fully saturated rings. The molecule has 8 nitrogen and oxygen atoms in total. The van der Waals surface area contributed by atoms with Crippen molar-refractivity contribution in [3.05, 3.63) is 70.3 Å². The van der Waals surface area contributed by atoms with E-state index in [1.54, 1.807) is 42.6 Å². The number of aromatic amines is 1. The van der Waals surface area contributed by atoms with E-state index in [1.165, 1.54) is 10.9 Å². The van der Waals surface area contributed by atoms with Gasteiger partial charge in [0.05, 0.1) is 22.8 Å². The minimum atomic E-state index is -0.253. The third kappa shape index (κ3) is 4.48. The molecule has 1 saturated heterocycles. The van der Waals surface area contributed by atoms with Crippen molar-refractivity contribution in [2.24, 2.45) is 0 Å².